The second kappa shape index (κ2) is 5.02. The number of rotatable bonds is 3. The van der Waals surface area contributed by atoms with Crippen molar-refractivity contribution < 1.29 is 4.42 Å². The first kappa shape index (κ1) is 11.7. The van der Waals surface area contributed by atoms with Gasteiger partial charge in [0.25, 0.3) is 0 Å². The molecule has 1 fully saturated rings. The number of likely N-dealkylation sites (tertiary alicyclic amines) is 1. The summed E-state index contributed by atoms with van der Waals surface area (Å²) >= 11 is 0. The molecule has 3 nitrogen and oxygen atoms in total. The first-order valence-electron chi connectivity index (χ1n) is 6.19. The Kier molecular flexibility index (Phi) is 3.66. The van der Waals surface area contributed by atoms with E-state index < -0.39 is 0 Å². The molecule has 1 atom stereocenters. The highest BCUT2D eigenvalue weighted by Gasteiger charge is 2.19. The number of aryl methyl sites for hydroxylation is 1. The largest absolute Gasteiger partial charge is 0.465 e. The summed E-state index contributed by atoms with van der Waals surface area (Å²) in [4.78, 5) is 2.45. The molecule has 2 N–H and O–H groups in total. The van der Waals surface area contributed by atoms with Crippen molar-refractivity contribution >= 4 is 0 Å². The molecule has 0 aliphatic carbocycles. The predicted octanol–water partition coefficient (Wildman–Crippen LogP) is 2.32. The van der Waals surface area contributed by atoms with Crippen molar-refractivity contribution in [3.8, 4) is 0 Å². The lowest BCUT2D eigenvalue weighted by Crippen LogP contribution is -2.37. The maximum Gasteiger partial charge on any atom is 0.122 e. The highest BCUT2D eigenvalue weighted by molar-refractivity contribution is 5.09. The zero-order valence-corrected chi connectivity index (χ0v) is 10.3. The summed E-state index contributed by atoms with van der Waals surface area (Å²) in [6, 6.07) is 3.99. The van der Waals surface area contributed by atoms with Gasteiger partial charge in [0.05, 0.1) is 6.04 Å². The molecule has 1 aliphatic rings. The number of nitrogens with zero attached hydrogens (tertiary/aromatic N) is 1. The second-order valence-corrected chi connectivity index (χ2v) is 5.04. The van der Waals surface area contributed by atoms with Crippen LogP contribution in [0.2, 0.25) is 0 Å². The Labute approximate surface area is 97.6 Å². The van der Waals surface area contributed by atoms with Crippen molar-refractivity contribution in [1.82, 2.24) is 4.90 Å². The van der Waals surface area contributed by atoms with Gasteiger partial charge in [-0.2, -0.15) is 0 Å². The molecule has 1 saturated heterocycles. The minimum absolute atomic E-state index is 0.0158. The molecule has 0 spiro atoms. The number of hydrogen-bond acceptors (Lipinski definition) is 3. The average Bonchev–Trinajstić information content (AvgIpc) is 2.68. The fourth-order valence-corrected chi connectivity index (χ4v) is 2.27. The fourth-order valence-electron chi connectivity index (χ4n) is 2.27. The molecule has 0 radical (unpaired) electrons. The van der Waals surface area contributed by atoms with Crippen molar-refractivity contribution in [2.75, 3.05) is 19.6 Å². The first-order valence-corrected chi connectivity index (χ1v) is 6.19. The maximum atomic E-state index is 6.14. The van der Waals surface area contributed by atoms with Gasteiger partial charge in [0.15, 0.2) is 0 Å². The molecule has 0 bridgehead atoms. The Morgan fingerprint density at radius 2 is 2.12 bits per heavy atom. The minimum Gasteiger partial charge on any atom is -0.465 e. The molecule has 1 aliphatic heterocycles. The van der Waals surface area contributed by atoms with E-state index in [4.69, 9.17) is 10.2 Å². The smallest absolute Gasteiger partial charge is 0.122 e. The lowest BCUT2D eigenvalue weighted by atomic mass is 9.99. The topological polar surface area (TPSA) is 42.4 Å². The molecule has 2 heterocycles. The minimum atomic E-state index is 0.0158. The molecule has 0 saturated carbocycles. The SMILES string of the molecule is Cc1ccc(C(N)CN2CCC(C)CC2)o1. The van der Waals surface area contributed by atoms with Gasteiger partial charge in [0, 0.05) is 6.54 Å². The Bertz CT molecular complexity index is 326. The van der Waals surface area contributed by atoms with Gasteiger partial charge in [0.1, 0.15) is 11.5 Å². The summed E-state index contributed by atoms with van der Waals surface area (Å²) in [6.07, 6.45) is 2.59. The summed E-state index contributed by atoms with van der Waals surface area (Å²) in [5.74, 6) is 2.73. The van der Waals surface area contributed by atoms with E-state index in [1.807, 2.05) is 19.1 Å². The van der Waals surface area contributed by atoms with E-state index in [1.165, 1.54) is 25.9 Å². The Morgan fingerprint density at radius 1 is 1.44 bits per heavy atom. The van der Waals surface area contributed by atoms with Gasteiger partial charge >= 0.3 is 0 Å². The van der Waals surface area contributed by atoms with Crippen LogP contribution in [0.25, 0.3) is 0 Å². The Morgan fingerprint density at radius 3 is 2.69 bits per heavy atom. The van der Waals surface area contributed by atoms with Gasteiger partial charge in [-0.3, -0.25) is 0 Å². The number of hydrogen-bond donors (Lipinski definition) is 1. The zero-order valence-electron chi connectivity index (χ0n) is 10.3. The van der Waals surface area contributed by atoms with E-state index in [0.29, 0.717) is 0 Å². The van der Waals surface area contributed by atoms with Gasteiger partial charge in [-0.1, -0.05) is 6.92 Å². The van der Waals surface area contributed by atoms with Crippen LogP contribution in [0.5, 0.6) is 0 Å². The third kappa shape index (κ3) is 2.86. The summed E-state index contributed by atoms with van der Waals surface area (Å²) in [5, 5.41) is 0. The second-order valence-electron chi connectivity index (χ2n) is 5.04. The average molecular weight is 222 g/mol. The highest BCUT2D eigenvalue weighted by atomic mass is 16.3. The molecule has 1 aromatic rings. The van der Waals surface area contributed by atoms with Gasteiger partial charge in [-0.05, 0) is 50.9 Å². The third-order valence-corrected chi connectivity index (χ3v) is 3.46. The monoisotopic (exact) mass is 222 g/mol. The molecular formula is C13H22N2O. The molecular weight excluding hydrogens is 200 g/mol. The van der Waals surface area contributed by atoms with Crippen LogP contribution >= 0.6 is 0 Å². The van der Waals surface area contributed by atoms with Crippen molar-refractivity contribution in [1.29, 1.82) is 0 Å². The Hall–Kier alpha value is -0.800. The maximum absolute atomic E-state index is 6.14. The molecule has 3 heteroatoms. The molecule has 1 aromatic heterocycles. The lowest BCUT2D eigenvalue weighted by molar-refractivity contribution is 0.178. The molecule has 0 aromatic carbocycles. The third-order valence-electron chi connectivity index (χ3n) is 3.46. The van der Waals surface area contributed by atoms with Crippen LogP contribution in [0, 0.1) is 12.8 Å². The summed E-state index contributed by atoms with van der Waals surface area (Å²) in [6.45, 7) is 7.55. The van der Waals surface area contributed by atoms with Crippen LogP contribution in [0.4, 0.5) is 0 Å². The summed E-state index contributed by atoms with van der Waals surface area (Å²) in [7, 11) is 0. The van der Waals surface area contributed by atoms with Crippen LogP contribution in [0.3, 0.4) is 0 Å². The predicted molar refractivity (Wildman–Crippen MR) is 65.2 cm³/mol. The van der Waals surface area contributed by atoms with Crippen LogP contribution in [-0.4, -0.2) is 24.5 Å². The molecule has 0 amide bonds. The van der Waals surface area contributed by atoms with E-state index in [-0.39, 0.29) is 6.04 Å². The van der Waals surface area contributed by atoms with Crippen molar-refractivity contribution in [3.63, 3.8) is 0 Å². The van der Waals surface area contributed by atoms with Gasteiger partial charge < -0.3 is 15.1 Å². The van der Waals surface area contributed by atoms with E-state index in [9.17, 15) is 0 Å². The normalized spacial score (nSPS) is 21.2. The Balaban J connectivity index is 1.85. The fraction of sp³-hybridized carbons (Fsp3) is 0.692. The molecule has 90 valence electrons. The number of furan rings is 1. The quantitative estimate of drug-likeness (QED) is 0.853. The highest BCUT2D eigenvalue weighted by Crippen LogP contribution is 2.20. The van der Waals surface area contributed by atoms with E-state index >= 15 is 0 Å². The lowest BCUT2D eigenvalue weighted by Gasteiger charge is -2.31. The van der Waals surface area contributed by atoms with E-state index in [0.717, 1.165) is 24.0 Å². The van der Waals surface area contributed by atoms with Gasteiger partial charge in [0.2, 0.25) is 0 Å². The molecule has 16 heavy (non-hydrogen) atoms. The van der Waals surface area contributed by atoms with Gasteiger partial charge in [-0.15, -0.1) is 0 Å². The van der Waals surface area contributed by atoms with Crippen molar-refractivity contribution in [2.45, 2.75) is 32.7 Å². The summed E-state index contributed by atoms with van der Waals surface area (Å²) < 4.78 is 5.56. The van der Waals surface area contributed by atoms with Crippen LogP contribution in [0.15, 0.2) is 16.5 Å². The standard InChI is InChI=1S/C13H22N2O/c1-10-5-7-15(8-6-10)9-12(14)13-4-3-11(2)16-13/h3-4,10,12H,5-9,14H2,1-2H3. The molecule has 1 unspecified atom stereocenters. The number of piperidine rings is 1. The molecule has 2 rings (SSSR count). The van der Waals surface area contributed by atoms with Crippen LogP contribution in [0.1, 0.15) is 37.3 Å². The van der Waals surface area contributed by atoms with Crippen molar-refractivity contribution in [2.24, 2.45) is 11.7 Å². The van der Waals surface area contributed by atoms with Gasteiger partial charge in [-0.25, -0.2) is 0 Å². The van der Waals surface area contributed by atoms with Crippen molar-refractivity contribution in [3.05, 3.63) is 23.7 Å². The number of nitrogens with two attached hydrogens (primary N) is 1. The van der Waals surface area contributed by atoms with E-state index in [1.54, 1.807) is 0 Å². The summed E-state index contributed by atoms with van der Waals surface area (Å²) in [5.41, 5.74) is 6.14. The zero-order chi connectivity index (χ0) is 11.5. The van der Waals surface area contributed by atoms with Crippen LogP contribution < -0.4 is 5.73 Å². The first-order chi connectivity index (χ1) is 7.65. The van der Waals surface area contributed by atoms with Crippen LogP contribution in [-0.2, 0) is 0 Å². The van der Waals surface area contributed by atoms with E-state index in [2.05, 4.69) is 11.8 Å².